The van der Waals surface area contributed by atoms with Crippen LogP contribution in [0.15, 0.2) is 65.6 Å². The lowest BCUT2D eigenvalue weighted by atomic mass is 10.1. The van der Waals surface area contributed by atoms with Crippen molar-refractivity contribution in [2.24, 2.45) is 0 Å². The quantitative estimate of drug-likeness (QED) is 0.245. The first-order valence-corrected chi connectivity index (χ1v) is 12.2. The number of imide groups is 1. The van der Waals surface area contributed by atoms with Crippen LogP contribution < -0.4 is 10.0 Å². The summed E-state index contributed by atoms with van der Waals surface area (Å²) < 4.78 is 27.6. The predicted molar refractivity (Wildman–Crippen MR) is 132 cm³/mol. The molecule has 1 heterocycles. The van der Waals surface area contributed by atoms with Gasteiger partial charge in [0.2, 0.25) is 5.91 Å². The summed E-state index contributed by atoms with van der Waals surface area (Å²) in [6.45, 7) is 0.775. The van der Waals surface area contributed by atoms with Crippen molar-refractivity contribution >= 4 is 50.5 Å². The molecule has 38 heavy (non-hydrogen) atoms. The number of amides is 3. The minimum absolute atomic E-state index is 0.0962. The molecule has 0 spiro atoms. The molecule has 0 aromatic heterocycles. The molecule has 2 N–H and O–H groups in total. The normalized spacial score (nSPS) is 12.7. The van der Waals surface area contributed by atoms with Gasteiger partial charge in [-0.1, -0.05) is 12.1 Å². The zero-order valence-corrected chi connectivity index (χ0v) is 20.2. The smallest absolute Gasteiger partial charge is 0.282 e. The summed E-state index contributed by atoms with van der Waals surface area (Å²) in [5.41, 5.74) is -0.849. The van der Waals surface area contributed by atoms with Gasteiger partial charge in [0.25, 0.3) is 33.2 Å². The van der Waals surface area contributed by atoms with Gasteiger partial charge in [0.15, 0.2) is 0 Å². The number of anilines is 2. The molecule has 3 aromatic carbocycles. The van der Waals surface area contributed by atoms with Gasteiger partial charge in [-0.3, -0.25) is 44.2 Å². The number of hydrogen-bond acceptors (Lipinski definition) is 9. The van der Waals surface area contributed by atoms with Crippen LogP contribution in [0.4, 0.5) is 22.7 Å². The third-order valence-electron chi connectivity index (χ3n) is 5.58. The van der Waals surface area contributed by atoms with Crippen LogP contribution in [0, 0.1) is 27.2 Å². The number of nitrogens with one attached hydrogen (secondary N) is 2. The third kappa shape index (κ3) is 4.90. The van der Waals surface area contributed by atoms with E-state index in [0.717, 1.165) is 12.1 Å². The van der Waals surface area contributed by atoms with Crippen molar-refractivity contribution in [2.75, 3.05) is 16.6 Å². The van der Waals surface area contributed by atoms with E-state index in [-0.39, 0.29) is 33.1 Å². The molecular weight excluding hydrogens is 522 g/mol. The third-order valence-corrected chi connectivity index (χ3v) is 6.96. The second-order valence-corrected chi connectivity index (χ2v) is 9.77. The van der Waals surface area contributed by atoms with E-state index < -0.39 is 49.8 Å². The first-order valence-electron chi connectivity index (χ1n) is 10.7. The number of hydrogen-bond donors (Lipinski definition) is 2. The Labute approximate surface area is 214 Å². The minimum Gasteiger partial charge on any atom is -0.325 e. The standard InChI is InChI=1S/C23H17N5O9S/c1-13-5-10-16(11-19(13)28(34)35)38(36,37)25-15-8-6-14(7-9-15)24-20(29)12-26-22(30)17-3-2-4-18(27(32)33)21(17)23(26)31/h2-11,25H,12H2,1H3,(H,24,29). The van der Waals surface area contributed by atoms with Gasteiger partial charge >= 0.3 is 0 Å². The fraction of sp³-hybridized carbons (Fsp3) is 0.0870. The Bertz CT molecular complexity index is 1640. The highest BCUT2D eigenvalue weighted by atomic mass is 32.2. The van der Waals surface area contributed by atoms with E-state index in [2.05, 4.69) is 10.0 Å². The van der Waals surface area contributed by atoms with E-state index in [1.807, 2.05) is 0 Å². The average Bonchev–Trinajstić information content (AvgIpc) is 3.09. The molecule has 15 heteroatoms. The largest absolute Gasteiger partial charge is 0.325 e. The summed E-state index contributed by atoms with van der Waals surface area (Å²) in [7, 11) is -4.16. The van der Waals surface area contributed by atoms with Gasteiger partial charge in [-0.05, 0) is 43.3 Å². The molecule has 0 atom stereocenters. The molecule has 14 nitrogen and oxygen atoms in total. The lowest BCUT2D eigenvalue weighted by Gasteiger charge is -2.14. The highest BCUT2D eigenvalue weighted by molar-refractivity contribution is 7.92. The Hall–Kier alpha value is -5.18. The van der Waals surface area contributed by atoms with Crippen molar-refractivity contribution in [3.8, 4) is 0 Å². The Balaban J connectivity index is 1.43. The Kier molecular flexibility index (Phi) is 6.61. The molecule has 3 aromatic rings. The van der Waals surface area contributed by atoms with Crippen LogP contribution in [-0.4, -0.2) is 47.4 Å². The molecule has 0 saturated carbocycles. The van der Waals surface area contributed by atoms with Gasteiger partial charge in [0.1, 0.15) is 12.1 Å². The van der Waals surface area contributed by atoms with E-state index in [1.54, 1.807) is 0 Å². The van der Waals surface area contributed by atoms with E-state index >= 15 is 0 Å². The molecule has 0 radical (unpaired) electrons. The van der Waals surface area contributed by atoms with Crippen molar-refractivity contribution < 1.29 is 32.6 Å². The Morgan fingerprint density at radius 3 is 2.16 bits per heavy atom. The topological polar surface area (TPSA) is 199 Å². The second-order valence-electron chi connectivity index (χ2n) is 8.09. The number of fused-ring (bicyclic) bond motifs is 1. The first kappa shape index (κ1) is 25.9. The van der Waals surface area contributed by atoms with Crippen LogP contribution in [0.3, 0.4) is 0 Å². The zero-order chi connectivity index (χ0) is 27.8. The number of nitro groups is 2. The maximum Gasteiger partial charge on any atom is 0.282 e. The summed E-state index contributed by atoms with van der Waals surface area (Å²) in [6.07, 6.45) is 0. The number of carbonyl (C=O) groups excluding carboxylic acids is 3. The van der Waals surface area contributed by atoms with E-state index in [9.17, 15) is 43.0 Å². The van der Waals surface area contributed by atoms with E-state index in [4.69, 9.17) is 0 Å². The highest BCUT2D eigenvalue weighted by Crippen LogP contribution is 2.30. The fourth-order valence-electron chi connectivity index (χ4n) is 3.74. The maximum absolute atomic E-state index is 12.6. The first-order chi connectivity index (χ1) is 17.9. The molecule has 0 unspecified atom stereocenters. The van der Waals surface area contributed by atoms with E-state index in [1.165, 1.54) is 55.5 Å². The number of aryl methyl sites for hydroxylation is 1. The molecule has 0 aliphatic carbocycles. The van der Waals surface area contributed by atoms with Crippen molar-refractivity contribution in [1.82, 2.24) is 4.90 Å². The van der Waals surface area contributed by atoms with Crippen molar-refractivity contribution in [3.05, 3.63) is 97.6 Å². The molecule has 0 saturated heterocycles. The molecule has 1 aliphatic heterocycles. The molecule has 0 bridgehead atoms. The molecule has 194 valence electrons. The average molecular weight is 539 g/mol. The highest BCUT2D eigenvalue weighted by Gasteiger charge is 2.41. The zero-order valence-electron chi connectivity index (χ0n) is 19.4. The summed E-state index contributed by atoms with van der Waals surface area (Å²) in [6, 6.07) is 12.4. The number of benzene rings is 3. The summed E-state index contributed by atoms with van der Waals surface area (Å²) >= 11 is 0. The maximum atomic E-state index is 12.6. The van der Waals surface area contributed by atoms with Crippen molar-refractivity contribution in [2.45, 2.75) is 11.8 Å². The molecule has 4 rings (SSSR count). The van der Waals surface area contributed by atoms with Gasteiger partial charge in [-0.2, -0.15) is 0 Å². The fourth-order valence-corrected chi connectivity index (χ4v) is 4.82. The van der Waals surface area contributed by atoms with Crippen molar-refractivity contribution in [3.63, 3.8) is 0 Å². The Morgan fingerprint density at radius 2 is 1.53 bits per heavy atom. The van der Waals surface area contributed by atoms with Crippen LogP contribution in [0.2, 0.25) is 0 Å². The lowest BCUT2D eigenvalue weighted by molar-refractivity contribution is -0.385. The van der Waals surface area contributed by atoms with Crippen LogP contribution >= 0.6 is 0 Å². The number of sulfonamides is 1. The van der Waals surface area contributed by atoms with Crippen LogP contribution in [0.5, 0.6) is 0 Å². The summed E-state index contributed by atoms with van der Waals surface area (Å²) in [5, 5.41) is 24.8. The lowest BCUT2D eigenvalue weighted by Crippen LogP contribution is -2.37. The van der Waals surface area contributed by atoms with Gasteiger partial charge in [-0.25, -0.2) is 8.42 Å². The van der Waals surface area contributed by atoms with Gasteiger partial charge < -0.3 is 5.32 Å². The molecule has 3 amide bonds. The number of carbonyl (C=O) groups is 3. The number of rotatable bonds is 8. The minimum atomic E-state index is -4.16. The Morgan fingerprint density at radius 1 is 0.895 bits per heavy atom. The predicted octanol–water partition coefficient (Wildman–Crippen LogP) is 2.85. The molecule has 1 aliphatic rings. The summed E-state index contributed by atoms with van der Waals surface area (Å²) in [4.78, 5) is 58.8. The molecule has 0 fully saturated rings. The van der Waals surface area contributed by atoms with E-state index in [0.29, 0.717) is 10.5 Å². The van der Waals surface area contributed by atoms with Crippen LogP contribution in [0.25, 0.3) is 0 Å². The van der Waals surface area contributed by atoms with Crippen LogP contribution in [0.1, 0.15) is 26.3 Å². The van der Waals surface area contributed by atoms with Gasteiger partial charge in [0, 0.05) is 29.1 Å². The van der Waals surface area contributed by atoms with Crippen LogP contribution in [-0.2, 0) is 14.8 Å². The summed E-state index contributed by atoms with van der Waals surface area (Å²) in [5.74, 6) is -2.58. The number of nitrogens with zero attached hydrogens (tertiary/aromatic N) is 3. The monoisotopic (exact) mass is 539 g/mol. The van der Waals surface area contributed by atoms with Gasteiger partial charge in [-0.15, -0.1) is 0 Å². The second kappa shape index (κ2) is 9.70. The van der Waals surface area contributed by atoms with Crippen molar-refractivity contribution in [1.29, 1.82) is 0 Å². The SMILES string of the molecule is Cc1ccc(S(=O)(=O)Nc2ccc(NC(=O)CN3C(=O)c4cccc([N+](=O)[O-])c4C3=O)cc2)cc1[N+](=O)[O-]. The van der Waals surface area contributed by atoms with Gasteiger partial charge in [0.05, 0.1) is 20.3 Å². The molecular formula is C23H17N5O9S. The number of nitro benzene ring substituents is 2.